The van der Waals surface area contributed by atoms with Crippen LogP contribution in [0.25, 0.3) is 0 Å². The van der Waals surface area contributed by atoms with E-state index in [0.29, 0.717) is 13.0 Å². The molecule has 2 rings (SSSR count). The molecule has 2 atom stereocenters. The molecule has 1 aliphatic rings. The first-order valence-corrected chi connectivity index (χ1v) is 11.0. The Morgan fingerprint density at radius 3 is 2.56 bits per heavy atom. The molecule has 0 aromatic heterocycles. The average Bonchev–Trinajstić information content (AvgIpc) is 2.69. The molecule has 1 aliphatic heterocycles. The zero-order valence-electron chi connectivity index (χ0n) is 19.6. The predicted octanol–water partition coefficient (Wildman–Crippen LogP) is 3.42. The summed E-state index contributed by atoms with van der Waals surface area (Å²) in [5.74, 6) is 0.753. The molecule has 1 heterocycles. The molecular weight excluding hydrogens is 521 g/mol. The van der Waals surface area contributed by atoms with E-state index < -0.39 is 11.7 Å². The number of benzene rings is 1. The number of nitrogens with zero attached hydrogens (tertiary/aromatic N) is 2. The van der Waals surface area contributed by atoms with E-state index in [1.165, 1.54) is 0 Å². The minimum atomic E-state index is -0.577. The highest BCUT2D eigenvalue weighted by Gasteiger charge is 2.25. The molecule has 8 nitrogen and oxygen atoms in total. The lowest BCUT2D eigenvalue weighted by Crippen LogP contribution is -2.47. The van der Waals surface area contributed by atoms with E-state index in [-0.39, 0.29) is 41.8 Å². The molecule has 32 heavy (non-hydrogen) atoms. The Hall–Kier alpha value is -2.04. The molecule has 2 amide bonds. The highest BCUT2D eigenvalue weighted by atomic mass is 127. The third-order valence-corrected chi connectivity index (χ3v) is 4.96. The first-order chi connectivity index (χ1) is 14.7. The molecule has 1 aromatic rings. The van der Waals surface area contributed by atoms with Crippen molar-refractivity contribution < 1.29 is 14.3 Å². The Labute approximate surface area is 208 Å². The van der Waals surface area contributed by atoms with Crippen molar-refractivity contribution in [1.82, 2.24) is 15.5 Å². The van der Waals surface area contributed by atoms with Gasteiger partial charge in [-0.15, -0.1) is 24.0 Å². The summed E-state index contributed by atoms with van der Waals surface area (Å²) in [6, 6.07) is 9.42. The Morgan fingerprint density at radius 1 is 1.28 bits per heavy atom. The SMILES string of the molecule is CCNC(=NCC(NC(=O)OC(C)(C)C)c1ccccc1)N1CCCC(CC(N)=O)C1.I. The highest BCUT2D eigenvalue weighted by Crippen LogP contribution is 2.20. The van der Waals surface area contributed by atoms with Gasteiger partial charge in [-0.05, 0) is 52.0 Å². The summed E-state index contributed by atoms with van der Waals surface area (Å²) in [5.41, 5.74) is 5.78. The number of piperidine rings is 1. The van der Waals surface area contributed by atoms with Crippen molar-refractivity contribution in [1.29, 1.82) is 0 Å². The molecule has 0 bridgehead atoms. The monoisotopic (exact) mass is 559 g/mol. The lowest BCUT2D eigenvalue weighted by Gasteiger charge is -2.35. The maximum atomic E-state index is 12.4. The lowest BCUT2D eigenvalue weighted by molar-refractivity contribution is -0.119. The quantitative estimate of drug-likeness (QED) is 0.270. The summed E-state index contributed by atoms with van der Waals surface area (Å²) < 4.78 is 5.44. The topological polar surface area (TPSA) is 109 Å². The first kappa shape index (κ1) is 28.0. The van der Waals surface area contributed by atoms with Gasteiger partial charge in [0.25, 0.3) is 0 Å². The van der Waals surface area contributed by atoms with Crippen LogP contribution in [0.1, 0.15) is 58.6 Å². The second-order valence-corrected chi connectivity index (χ2v) is 8.93. The number of guanidine groups is 1. The molecule has 180 valence electrons. The molecule has 1 aromatic carbocycles. The van der Waals surface area contributed by atoms with Crippen LogP contribution in [0, 0.1) is 5.92 Å². The summed E-state index contributed by atoms with van der Waals surface area (Å²) in [6.07, 6.45) is 1.90. The fraction of sp³-hybridized carbons (Fsp3) is 0.609. The van der Waals surface area contributed by atoms with Crippen molar-refractivity contribution in [3.05, 3.63) is 35.9 Å². The van der Waals surface area contributed by atoms with Crippen molar-refractivity contribution in [3.63, 3.8) is 0 Å². The van der Waals surface area contributed by atoms with Crippen molar-refractivity contribution >= 4 is 41.9 Å². The van der Waals surface area contributed by atoms with E-state index in [4.69, 9.17) is 15.5 Å². The van der Waals surface area contributed by atoms with Gasteiger partial charge in [-0.1, -0.05) is 30.3 Å². The lowest BCUT2D eigenvalue weighted by atomic mass is 9.95. The van der Waals surface area contributed by atoms with Crippen molar-refractivity contribution in [2.75, 3.05) is 26.2 Å². The number of halogens is 1. The summed E-state index contributed by atoms with van der Waals surface area (Å²) in [7, 11) is 0. The molecule has 0 radical (unpaired) electrons. The minimum absolute atomic E-state index is 0. The number of carbonyl (C=O) groups is 2. The van der Waals surface area contributed by atoms with Crippen LogP contribution in [-0.4, -0.2) is 54.6 Å². The Kier molecular flexibility index (Phi) is 11.8. The van der Waals surface area contributed by atoms with Crippen LogP contribution < -0.4 is 16.4 Å². The molecule has 1 fully saturated rings. The smallest absolute Gasteiger partial charge is 0.408 e. The third-order valence-electron chi connectivity index (χ3n) is 4.96. The number of carbonyl (C=O) groups excluding carboxylic acids is 2. The van der Waals surface area contributed by atoms with E-state index in [2.05, 4.69) is 15.5 Å². The number of nitrogens with two attached hydrogens (primary N) is 1. The van der Waals surface area contributed by atoms with Crippen molar-refractivity contribution in [2.45, 2.75) is 58.6 Å². The van der Waals surface area contributed by atoms with Crippen LogP contribution in [0.4, 0.5) is 4.79 Å². The van der Waals surface area contributed by atoms with Gasteiger partial charge in [-0.3, -0.25) is 9.79 Å². The van der Waals surface area contributed by atoms with Crippen LogP contribution in [0.3, 0.4) is 0 Å². The number of aliphatic imine (C=N–C) groups is 1. The Morgan fingerprint density at radius 2 is 1.97 bits per heavy atom. The number of rotatable bonds is 7. The summed E-state index contributed by atoms with van der Waals surface area (Å²) >= 11 is 0. The number of hydrogen-bond donors (Lipinski definition) is 3. The molecular formula is C23H38IN5O3. The number of amides is 2. The van der Waals surface area contributed by atoms with Gasteiger partial charge in [0.2, 0.25) is 5.91 Å². The standard InChI is InChI=1S/C23H37N5O3.HI/c1-5-25-21(28-13-9-10-17(16-28)14-20(24)29)26-15-19(18-11-7-6-8-12-18)27-22(30)31-23(2,3)4;/h6-8,11-12,17,19H,5,9-10,13-16H2,1-4H3,(H2,24,29)(H,25,26)(H,27,30);1H. The molecule has 2 unspecified atom stereocenters. The van der Waals surface area contributed by atoms with Crippen LogP contribution in [0.2, 0.25) is 0 Å². The van der Waals surface area contributed by atoms with Gasteiger partial charge >= 0.3 is 6.09 Å². The number of likely N-dealkylation sites (tertiary alicyclic amines) is 1. The zero-order chi connectivity index (χ0) is 22.9. The molecule has 0 spiro atoms. The minimum Gasteiger partial charge on any atom is -0.444 e. The fourth-order valence-electron chi connectivity index (χ4n) is 3.68. The molecule has 1 saturated heterocycles. The number of nitrogens with one attached hydrogen (secondary N) is 2. The molecule has 9 heteroatoms. The van der Waals surface area contributed by atoms with Gasteiger partial charge < -0.3 is 26.0 Å². The maximum Gasteiger partial charge on any atom is 0.408 e. The number of ether oxygens (including phenoxy) is 1. The van der Waals surface area contributed by atoms with Crippen LogP contribution >= 0.6 is 24.0 Å². The number of hydrogen-bond acceptors (Lipinski definition) is 4. The zero-order valence-corrected chi connectivity index (χ0v) is 21.9. The Balaban J connectivity index is 0.00000512. The van der Waals surface area contributed by atoms with Gasteiger partial charge in [0.05, 0.1) is 12.6 Å². The van der Waals surface area contributed by atoms with Crippen molar-refractivity contribution in [3.8, 4) is 0 Å². The summed E-state index contributed by atoms with van der Waals surface area (Å²) in [5, 5.41) is 6.29. The van der Waals surface area contributed by atoms with Crippen molar-refractivity contribution in [2.24, 2.45) is 16.6 Å². The fourth-order valence-corrected chi connectivity index (χ4v) is 3.68. The van der Waals surface area contributed by atoms with Gasteiger partial charge in [0.1, 0.15) is 5.60 Å². The molecule has 0 saturated carbocycles. The normalized spacial score (nSPS) is 17.7. The average molecular weight is 559 g/mol. The largest absolute Gasteiger partial charge is 0.444 e. The Bertz CT molecular complexity index is 752. The van der Waals surface area contributed by atoms with E-state index in [0.717, 1.165) is 44.0 Å². The molecule has 4 N–H and O–H groups in total. The van der Waals surface area contributed by atoms with Gasteiger partial charge in [0.15, 0.2) is 5.96 Å². The van der Waals surface area contributed by atoms with Gasteiger partial charge in [-0.2, -0.15) is 0 Å². The number of alkyl carbamates (subject to hydrolysis) is 1. The van der Waals surface area contributed by atoms with Crippen LogP contribution in [0.5, 0.6) is 0 Å². The second kappa shape index (κ2) is 13.5. The summed E-state index contributed by atoms with van der Waals surface area (Å²) in [4.78, 5) is 30.8. The highest BCUT2D eigenvalue weighted by molar-refractivity contribution is 14.0. The van der Waals surface area contributed by atoms with Crippen LogP contribution in [0.15, 0.2) is 35.3 Å². The third kappa shape index (κ3) is 10.1. The van der Waals surface area contributed by atoms with Gasteiger partial charge in [-0.25, -0.2) is 4.79 Å². The van der Waals surface area contributed by atoms with E-state index in [1.807, 2.05) is 58.0 Å². The van der Waals surface area contributed by atoms with Crippen LogP contribution in [-0.2, 0) is 9.53 Å². The molecule has 0 aliphatic carbocycles. The number of primary amides is 1. The predicted molar refractivity (Wildman–Crippen MR) is 138 cm³/mol. The van der Waals surface area contributed by atoms with E-state index in [9.17, 15) is 9.59 Å². The summed E-state index contributed by atoms with van der Waals surface area (Å²) in [6.45, 7) is 10.2. The second-order valence-electron chi connectivity index (χ2n) is 8.93. The van der Waals surface area contributed by atoms with Gasteiger partial charge in [0, 0.05) is 26.1 Å². The van der Waals surface area contributed by atoms with E-state index >= 15 is 0 Å². The first-order valence-electron chi connectivity index (χ1n) is 11.0. The van der Waals surface area contributed by atoms with E-state index in [1.54, 1.807) is 0 Å². The maximum absolute atomic E-state index is 12.4.